The Morgan fingerprint density at radius 2 is 1.90 bits per heavy atom. The number of ether oxygens (including phenoxy) is 1. The van der Waals surface area contributed by atoms with E-state index >= 15 is 0 Å². The molecule has 0 aliphatic heterocycles. The smallest absolute Gasteiger partial charge is 0.412 e. The number of anilines is 2. The molecule has 4 nitrogen and oxygen atoms in total. The Morgan fingerprint density at radius 1 is 1.25 bits per heavy atom. The van der Waals surface area contributed by atoms with E-state index in [9.17, 15) is 4.79 Å². The number of nitrogens with one attached hydrogen (secondary N) is 2. The van der Waals surface area contributed by atoms with Gasteiger partial charge in [-0.3, -0.25) is 5.32 Å². The molecule has 1 amide bonds. The molecule has 1 rings (SSSR count). The second kappa shape index (κ2) is 8.04. The second-order valence-corrected chi connectivity index (χ2v) is 6.43. The molecule has 1 aromatic rings. The van der Waals surface area contributed by atoms with Gasteiger partial charge < -0.3 is 10.1 Å². The standard InChI is InChI=1S/C15H24N2O2S/c1-15(2,3)19-14(18)17-13-9-6-5-8-12(13)16-10-7-11-20-4/h5-6,8-9,16H,7,10-11H2,1-4H3,(H,17,18). The van der Waals surface area contributed by atoms with Gasteiger partial charge >= 0.3 is 6.09 Å². The third-order valence-corrected chi connectivity index (χ3v) is 3.10. The predicted molar refractivity (Wildman–Crippen MR) is 87.8 cm³/mol. The summed E-state index contributed by atoms with van der Waals surface area (Å²) in [7, 11) is 0. The van der Waals surface area contributed by atoms with Gasteiger partial charge in [0, 0.05) is 6.54 Å². The molecule has 112 valence electrons. The van der Waals surface area contributed by atoms with Crippen molar-refractivity contribution in [2.75, 3.05) is 29.2 Å². The van der Waals surface area contributed by atoms with Crippen LogP contribution in [0.2, 0.25) is 0 Å². The van der Waals surface area contributed by atoms with E-state index in [0.29, 0.717) is 0 Å². The maximum absolute atomic E-state index is 11.8. The third kappa shape index (κ3) is 6.70. The minimum atomic E-state index is -0.495. The Bertz CT molecular complexity index is 430. The summed E-state index contributed by atoms with van der Waals surface area (Å²) in [5.41, 5.74) is 1.16. The molecule has 0 fully saturated rings. The highest BCUT2D eigenvalue weighted by atomic mass is 32.2. The van der Waals surface area contributed by atoms with Crippen LogP contribution >= 0.6 is 11.8 Å². The summed E-state index contributed by atoms with van der Waals surface area (Å²) in [6.07, 6.45) is 2.75. The zero-order valence-electron chi connectivity index (χ0n) is 12.7. The molecule has 2 N–H and O–H groups in total. The first-order chi connectivity index (χ1) is 9.42. The Kier molecular flexibility index (Phi) is 6.71. The molecule has 5 heteroatoms. The molecular weight excluding hydrogens is 272 g/mol. The molecule has 0 unspecified atom stereocenters. The topological polar surface area (TPSA) is 50.4 Å². The van der Waals surface area contributed by atoms with E-state index in [1.807, 2.05) is 56.8 Å². The number of hydrogen-bond donors (Lipinski definition) is 2. The monoisotopic (exact) mass is 296 g/mol. The SMILES string of the molecule is CSCCCNc1ccccc1NC(=O)OC(C)(C)C. The molecule has 0 aliphatic carbocycles. The number of hydrogen-bond acceptors (Lipinski definition) is 4. The van der Waals surface area contributed by atoms with Crippen molar-refractivity contribution in [1.82, 2.24) is 0 Å². The van der Waals surface area contributed by atoms with Crippen LogP contribution in [0.5, 0.6) is 0 Å². The maximum atomic E-state index is 11.8. The van der Waals surface area contributed by atoms with E-state index in [1.54, 1.807) is 0 Å². The molecular formula is C15H24N2O2S. The van der Waals surface area contributed by atoms with Crippen molar-refractivity contribution >= 4 is 29.2 Å². The lowest BCUT2D eigenvalue weighted by Crippen LogP contribution is -2.27. The molecule has 0 spiro atoms. The highest BCUT2D eigenvalue weighted by Crippen LogP contribution is 2.22. The lowest BCUT2D eigenvalue weighted by molar-refractivity contribution is 0.0636. The first kappa shape index (κ1) is 16.7. The normalized spacial score (nSPS) is 11.0. The van der Waals surface area contributed by atoms with Gasteiger partial charge in [0.25, 0.3) is 0 Å². The van der Waals surface area contributed by atoms with Crippen LogP contribution in [0.4, 0.5) is 16.2 Å². The Balaban J connectivity index is 2.58. The van der Waals surface area contributed by atoms with Gasteiger partial charge in [-0.15, -0.1) is 0 Å². The molecule has 20 heavy (non-hydrogen) atoms. The molecule has 1 aromatic carbocycles. The number of carbonyl (C=O) groups excluding carboxylic acids is 1. The van der Waals surface area contributed by atoms with Gasteiger partial charge in [0.1, 0.15) is 5.60 Å². The van der Waals surface area contributed by atoms with Crippen molar-refractivity contribution in [2.45, 2.75) is 32.8 Å². The van der Waals surface area contributed by atoms with Crippen LogP contribution in [-0.2, 0) is 4.74 Å². The number of benzene rings is 1. The van der Waals surface area contributed by atoms with Crippen molar-refractivity contribution in [2.24, 2.45) is 0 Å². The Morgan fingerprint density at radius 3 is 2.50 bits per heavy atom. The van der Waals surface area contributed by atoms with Gasteiger partial charge in [0.15, 0.2) is 0 Å². The number of para-hydroxylation sites is 2. The summed E-state index contributed by atoms with van der Waals surface area (Å²) in [6.45, 7) is 6.42. The van der Waals surface area contributed by atoms with Crippen molar-refractivity contribution in [3.63, 3.8) is 0 Å². The highest BCUT2D eigenvalue weighted by molar-refractivity contribution is 7.98. The molecule has 0 aromatic heterocycles. The Hall–Kier alpha value is -1.36. The highest BCUT2D eigenvalue weighted by Gasteiger charge is 2.16. The van der Waals surface area contributed by atoms with Crippen LogP contribution in [0.25, 0.3) is 0 Å². The van der Waals surface area contributed by atoms with E-state index in [1.165, 1.54) is 0 Å². The van der Waals surface area contributed by atoms with Crippen LogP contribution in [-0.4, -0.2) is 30.2 Å². The second-order valence-electron chi connectivity index (χ2n) is 5.45. The minimum absolute atomic E-state index is 0.434. The largest absolute Gasteiger partial charge is 0.444 e. The molecule has 0 saturated carbocycles. The van der Waals surface area contributed by atoms with Crippen LogP contribution < -0.4 is 10.6 Å². The van der Waals surface area contributed by atoms with Gasteiger partial charge in [0.05, 0.1) is 11.4 Å². The van der Waals surface area contributed by atoms with E-state index in [-0.39, 0.29) is 0 Å². The summed E-state index contributed by atoms with van der Waals surface area (Å²) in [5, 5.41) is 6.11. The number of rotatable bonds is 6. The zero-order chi connectivity index (χ0) is 15.0. The quantitative estimate of drug-likeness (QED) is 0.773. The lowest BCUT2D eigenvalue weighted by atomic mass is 10.2. The van der Waals surface area contributed by atoms with Gasteiger partial charge in [-0.05, 0) is 51.3 Å². The molecule has 0 saturated heterocycles. The molecule has 0 aliphatic rings. The Labute approximate surface area is 125 Å². The summed E-state index contributed by atoms with van der Waals surface area (Å²) < 4.78 is 5.26. The van der Waals surface area contributed by atoms with Crippen molar-refractivity contribution < 1.29 is 9.53 Å². The van der Waals surface area contributed by atoms with E-state index in [0.717, 1.165) is 30.1 Å². The first-order valence-corrected chi connectivity index (χ1v) is 8.13. The first-order valence-electron chi connectivity index (χ1n) is 6.74. The average Bonchev–Trinajstić information content (AvgIpc) is 2.34. The summed E-state index contributed by atoms with van der Waals surface area (Å²) >= 11 is 1.83. The molecule has 0 atom stereocenters. The lowest BCUT2D eigenvalue weighted by Gasteiger charge is -2.20. The molecule has 0 radical (unpaired) electrons. The van der Waals surface area contributed by atoms with Crippen molar-refractivity contribution in [3.05, 3.63) is 24.3 Å². The summed E-state index contributed by atoms with van der Waals surface area (Å²) in [4.78, 5) is 11.8. The van der Waals surface area contributed by atoms with Crippen LogP contribution in [0.1, 0.15) is 27.2 Å². The van der Waals surface area contributed by atoms with Gasteiger partial charge in [-0.2, -0.15) is 11.8 Å². The van der Waals surface area contributed by atoms with E-state index in [2.05, 4.69) is 16.9 Å². The van der Waals surface area contributed by atoms with Crippen LogP contribution in [0.3, 0.4) is 0 Å². The van der Waals surface area contributed by atoms with Gasteiger partial charge in [-0.25, -0.2) is 4.79 Å². The fraction of sp³-hybridized carbons (Fsp3) is 0.533. The van der Waals surface area contributed by atoms with Crippen LogP contribution in [0.15, 0.2) is 24.3 Å². The summed E-state index contributed by atoms with van der Waals surface area (Å²) in [6, 6.07) is 7.64. The predicted octanol–water partition coefficient (Wildman–Crippen LogP) is 4.20. The minimum Gasteiger partial charge on any atom is -0.444 e. The fourth-order valence-electron chi connectivity index (χ4n) is 1.60. The van der Waals surface area contributed by atoms with Crippen molar-refractivity contribution in [1.29, 1.82) is 0 Å². The van der Waals surface area contributed by atoms with E-state index < -0.39 is 11.7 Å². The number of carbonyl (C=O) groups is 1. The number of amides is 1. The third-order valence-electron chi connectivity index (χ3n) is 2.40. The van der Waals surface area contributed by atoms with E-state index in [4.69, 9.17) is 4.74 Å². The molecule has 0 heterocycles. The zero-order valence-corrected chi connectivity index (χ0v) is 13.5. The molecule has 0 bridgehead atoms. The van der Waals surface area contributed by atoms with Crippen molar-refractivity contribution in [3.8, 4) is 0 Å². The fourth-order valence-corrected chi connectivity index (χ4v) is 2.03. The van der Waals surface area contributed by atoms with Crippen LogP contribution in [0, 0.1) is 0 Å². The maximum Gasteiger partial charge on any atom is 0.412 e. The average molecular weight is 296 g/mol. The van der Waals surface area contributed by atoms with Gasteiger partial charge in [-0.1, -0.05) is 12.1 Å². The summed E-state index contributed by atoms with van der Waals surface area (Å²) in [5.74, 6) is 1.12. The van der Waals surface area contributed by atoms with Gasteiger partial charge in [0.2, 0.25) is 0 Å². The number of thioether (sulfide) groups is 1.